The van der Waals surface area contributed by atoms with E-state index in [1.165, 1.54) is 28.2 Å². The van der Waals surface area contributed by atoms with Crippen molar-refractivity contribution in [2.24, 2.45) is 0 Å². The minimum Gasteiger partial charge on any atom is -0.360 e. The lowest BCUT2D eigenvalue weighted by atomic mass is 10.3. The lowest BCUT2D eigenvalue weighted by molar-refractivity contribution is 0.979. The van der Waals surface area contributed by atoms with E-state index in [-0.39, 0.29) is 0 Å². The Balaban J connectivity index is 1.51. The third kappa shape index (κ3) is 3.75. The second-order valence-corrected chi connectivity index (χ2v) is 8.09. The van der Waals surface area contributed by atoms with Crippen LogP contribution in [0.4, 0.5) is 5.13 Å². The van der Waals surface area contributed by atoms with E-state index in [0.29, 0.717) is 0 Å². The highest BCUT2D eigenvalue weighted by Gasteiger charge is 2.09. The van der Waals surface area contributed by atoms with Crippen molar-refractivity contribution in [1.82, 2.24) is 19.6 Å². The molecule has 3 rings (SSSR count). The number of aromatic nitrogens is 4. The number of aryl methyl sites for hydroxylation is 1. The van der Waals surface area contributed by atoms with Crippen LogP contribution in [-0.2, 0) is 6.42 Å². The predicted molar refractivity (Wildman–Crippen MR) is 85.2 cm³/mol. The second kappa shape index (κ2) is 6.61. The Morgan fingerprint density at radius 3 is 3.00 bits per heavy atom. The Kier molecular flexibility index (Phi) is 4.61. The zero-order valence-electron chi connectivity index (χ0n) is 10.6. The summed E-state index contributed by atoms with van der Waals surface area (Å²) in [5.74, 6) is 0.802. The lowest BCUT2D eigenvalue weighted by Gasteiger charge is -1.98. The minimum atomic E-state index is 0.802. The Morgan fingerprint density at radius 2 is 2.25 bits per heavy atom. The molecule has 0 bridgehead atoms. The van der Waals surface area contributed by atoms with Gasteiger partial charge in [-0.15, -0.1) is 21.5 Å². The quantitative estimate of drug-likeness (QED) is 0.739. The van der Waals surface area contributed by atoms with Crippen molar-refractivity contribution >= 4 is 51.1 Å². The van der Waals surface area contributed by atoms with Crippen LogP contribution in [-0.4, -0.2) is 26.1 Å². The van der Waals surface area contributed by atoms with Gasteiger partial charge in [-0.05, 0) is 48.1 Å². The molecular formula is C11H11N5S4. The van der Waals surface area contributed by atoms with Crippen molar-refractivity contribution in [3.05, 3.63) is 28.2 Å². The predicted octanol–water partition coefficient (Wildman–Crippen LogP) is 3.57. The molecule has 0 fully saturated rings. The van der Waals surface area contributed by atoms with Gasteiger partial charge in [0.1, 0.15) is 5.82 Å². The number of nitrogens with zero attached hydrogens (tertiary/aromatic N) is 4. The first-order valence-corrected chi connectivity index (χ1v) is 9.16. The van der Waals surface area contributed by atoms with Gasteiger partial charge in [-0.25, -0.2) is 4.98 Å². The molecule has 3 heterocycles. The van der Waals surface area contributed by atoms with Crippen LogP contribution >= 0.6 is 46.0 Å². The second-order valence-electron chi connectivity index (χ2n) is 3.84. The van der Waals surface area contributed by atoms with E-state index >= 15 is 0 Å². The molecule has 5 nitrogen and oxygen atoms in total. The fourth-order valence-electron chi connectivity index (χ4n) is 1.46. The van der Waals surface area contributed by atoms with Crippen molar-refractivity contribution < 1.29 is 0 Å². The molecule has 104 valence electrons. The highest BCUT2D eigenvalue weighted by molar-refractivity contribution is 8.02. The van der Waals surface area contributed by atoms with Gasteiger partial charge in [-0.1, -0.05) is 17.4 Å². The van der Waals surface area contributed by atoms with Crippen molar-refractivity contribution in [1.29, 1.82) is 0 Å². The summed E-state index contributed by atoms with van der Waals surface area (Å²) in [4.78, 5) is 5.68. The molecule has 9 heteroatoms. The van der Waals surface area contributed by atoms with Gasteiger partial charge in [0.25, 0.3) is 0 Å². The molecule has 0 spiro atoms. The molecule has 0 saturated heterocycles. The van der Waals surface area contributed by atoms with Gasteiger partial charge in [-0.2, -0.15) is 4.37 Å². The smallest absolute Gasteiger partial charge is 0.206 e. The maximum Gasteiger partial charge on any atom is 0.206 e. The lowest BCUT2D eigenvalue weighted by Crippen LogP contribution is -2.03. The van der Waals surface area contributed by atoms with Crippen LogP contribution in [0.5, 0.6) is 0 Å². The number of hydrogen-bond donors (Lipinski definition) is 1. The van der Waals surface area contributed by atoms with Crippen molar-refractivity contribution in [2.45, 2.75) is 22.0 Å². The summed E-state index contributed by atoms with van der Waals surface area (Å²) in [6, 6.07) is 4.22. The molecular weight excluding hydrogens is 330 g/mol. The number of hydrogen-bond acceptors (Lipinski definition) is 9. The van der Waals surface area contributed by atoms with E-state index in [1.807, 2.05) is 6.92 Å². The third-order valence-electron chi connectivity index (χ3n) is 2.32. The summed E-state index contributed by atoms with van der Waals surface area (Å²) in [7, 11) is 0. The molecule has 0 atom stereocenters. The van der Waals surface area contributed by atoms with Gasteiger partial charge in [0.2, 0.25) is 5.13 Å². The zero-order valence-corrected chi connectivity index (χ0v) is 13.8. The van der Waals surface area contributed by atoms with Crippen LogP contribution in [0.3, 0.4) is 0 Å². The molecule has 0 aliphatic carbocycles. The van der Waals surface area contributed by atoms with Crippen LogP contribution in [0.1, 0.15) is 10.7 Å². The van der Waals surface area contributed by atoms with Crippen LogP contribution in [0.2, 0.25) is 0 Å². The van der Waals surface area contributed by atoms with Gasteiger partial charge >= 0.3 is 0 Å². The zero-order chi connectivity index (χ0) is 13.8. The van der Waals surface area contributed by atoms with Crippen LogP contribution < -0.4 is 5.32 Å². The van der Waals surface area contributed by atoms with E-state index in [2.05, 4.69) is 42.4 Å². The fourth-order valence-corrected chi connectivity index (χ4v) is 4.80. The van der Waals surface area contributed by atoms with E-state index in [9.17, 15) is 0 Å². The first kappa shape index (κ1) is 13.9. The summed E-state index contributed by atoms with van der Waals surface area (Å²) >= 11 is 6.23. The summed E-state index contributed by atoms with van der Waals surface area (Å²) in [6.45, 7) is 2.76. The monoisotopic (exact) mass is 341 g/mol. The standard InChI is InChI=1S/C11H11N5S4/c1-7-13-10(20-16-7)19-11-15-14-9(18-11)12-5-4-8-3-2-6-17-8/h2-3,6H,4-5H2,1H3,(H,12,14). The molecule has 1 N–H and O–H groups in total. The number of nitrogens with one attached hydrogen (secondary N) is 1. The number of rotatable bonds is 6. The van der Waals surface area contributed by atoms with Crippen molar-refractivity contribution in [2.75, 3.05) is 11.9 Å². The Morgan fingerprint density at radius 1 is 1.30 bits per heavy atom. The highest BCUT2D eigenvalue weighted by atomic mass is 32.2. The van der Waals surface area contributed by atoms with Crippen molar-refractivity contribution in [3.63, 3.8) is 0 Å². The maximum atomic E-state index is 4.30. The topological polar surface area (TPSA) is 63.6 Å². The average Bonchev–Trinajstić information content (AvgIpc) is 3.14. The Labute approximate surface area is 132 Å². The van der Waals surface area contributed by atoms with Crippen molar-refractivity contribution in [3.8, 4) is 0 Å². The first-order valence-electron chi connectivity index (χ1n) is 5.87. The highest BCUT2D eigenvalue weighted by Crippen LogP contribution is 2.32. The Hall–Kier alpha value is -1.03. The van der Waals surface area contributed by atoms with Crippen LogP contribution in [0, 0.1) is 6.92 Å². The number of anilines is 1. The fraction of sp³-hybridized carbons (Fsp3) is 0.273. The van der Waals surface area contributed by atoms with Gasteiger partial charge in [0, 0.05) is 11.4 Å². The molecule has 3 aromatic heterocycles. The molecule has 0 amide bonds. The summed E-state index contributed by atoms with van der Waals surface area (Å²) < 4.78 is 5.94. The Bertz CT molecular complexity index is 660. The number of thiophene rings is 1. The maximum absolute atomic E-state index is 4.30. The summed E-state index contributed by atoms with van der Waals surface area (Å²) in [6.07, 6.45) is 1.01. The molecule has 0 aromatic carbocycles. The molecule has 0 unspecified atom stereocenters. The van der Waals surface area contributed by atoms with Gasteiger partial charge in [0.15, 0.2) is 8.68 Å². The van der Waals surface area contributed by atoms with E-state index in [4.69, 9.17) is 0 Å². The van der Waals surface area contributed by atoms with Gasteiger partial charge in [-0.3, -0.25) is 0 Å². The third-order valence-corrected chi connectivity index (χ3v) is 6.03. The molecule has 0 saturated carbocycles. The molecule has 3 aromatic rings. The minimum absolute atomic E-state index is 0.802. The molecule has 20 heavy (non-hydrogen) atoms. The van der Waals surface area contributed by atoms with E-state index < -0.39 is 0 Å². The van der Waals surface area contributed by atoms with E-state index in [0.717, 1.165) is 32.6 Å². The summed E-state index contributed by atoms with van der Waals surface area (Å²) in [5, 5.41) is 14.5. The largest absolute Gasteiger partial charge is 0.360 e. The molecule has 0 radical (unpaired) electrons. The van der Waals surface area contributed by atoms with Gasteiger partial charge in [0.05, 0.1) is 0 Å². The molecule has 0 aliphatic rings. The van der Waals surface area contributed by atoms with Crippen LogP contribution in [0.15, 0.2) is 26.2 Å². The first-order chi connectivity index (χ1) is 9.79. The summed E-state index contributed by atoms with van der Waals surface area (Å²) in [5.41, 5.74) is 0. The van der Waals surface area contributed by atoms with Gasteiger partial charge < -0.3 is 5.32 Å². The normalized spacial score (nSPS) is 10.8. The molecule has 0 aliphatic heterocycles. The van der Waals surface area contributed by atoms with E-state index in [1.54, 1.807) is 22.7 Å². The average molecular weight is 342 g/mol. The van der Waals surface area contributed by atoms with Crippen LogP contribution in [0.25, 0.3) is 0 Å². The SMILES string of the molecule is Cc1nsc(Sc2nnc(NCCc3cccs3)s2)n1.